The summed E-state index contributed by atoms with van der Waals surface area (Å²) in [6.45, 7) is 4.64. The van der Waals surface area contributed by atoms with Crippen LogP contribution in [0.4, 0.5) is 5.82 Å². The van der Waals surface area contributed by atoms with E-state index in [1.54, 1.807) is 13.4 Å². The van der Waals surface area contributed by atoms with Crippen LogP contribution in [0.15, 0.2) is 61.1 Å². The number of nitrogen functional groups attached to an aromatic ring is 1. The van der Waals surface area contributed by atoms with Gasteiger partial charge in [0, 0.05) is 36.9 Å². The zero-order valence-electron chi connectivity index (χ0n) is 22.2. The number of nitrogens with zero attached hydrogens (tertiary/aromatic N) is 5. The van der Waals surface area contributed by atoms with Crippen LogP contribution in [-0.2, 0) is 0 Å². The standard InChI is InChI=1S/C30H36N6O2/c1-34-14-10-22(11-15-34)35-16-12-23(13-17-35)36-19-25(28-29(31)32-20-33-30(28)36)21-8-9-26(27(18-21)37-2)38-24-6-4-3-5-7-24/h3-9,18-20,22-23H,10-17H2,1-2H3,(H2,31,32,33). The fourth-order valence-electron chi connectivity index (χ4n) is 6.03. The van der Waals surface area contributed by atoms with Crippen LogP contribution in [0, 0.1) is 0 Å². The number of methoxy groups -OCH3 is 1. The predicted molar refractivity (Wildman–Crippen MR) is 151 cm³/mol. The maximum atomic E-state index is 6.44. The van der Waals surface area contributed by atoms with Crippen LogP contribution in [0.1, 0.15) is 31.7 Å². The number of ether oxygens (including phenoxy) is 2. The molecule has 2 aliphatic heterocycles. The van der Waals surface area contributed by atoms with E-state index < -0.39 is 0 Å². The normalized spacial score (nSPS) is 18.2. The van der Waals surface area contributed by atoms with E-state index in [2.05, 4.69) is 38.7 Å². The molecule has 198 valence electrons. The molecule has 38 heavy (non-hydrogen) atoms. The number of anilines is 1. The van der Waals surface area contributed by atoms with Gasteiger partial charge in [0.05, 0.1) is 12.5 Å². The Morgan fingerprint density at radius 2 is 1.61 bits per heavy atom. The smallest absolute Gasteiger partial charge is 0.169 e. The molecular weight excluding hydrogens is 476 g/mol. The molecule has 4 heterocycles. The van der Waals surface area contributed by atoms with Crippen LogP contribution in [0.25, 0.3) is 22.2 Å². The largest absolute Gasteiger partial charge is 0.493 e. The molecule has 0 unspecified atom stereocenters. The van der Waals surface area contributed by atoms with Crippen molar-refractivity contribution in [1.82, 2.24) is 24.3 Å². The van der Waals surface area contributed by atoms with Gasteiger partial charge < -0.3 is 29.6 Å². The minimum Gasteiger partial charge on any atom is -0.493 e. The number of piperidine rings is 2. The first-order valence-electron chi connectivity index (χ1n) is 13.6. The van der Waals surface area contributed by atoms with Crippen molar-refractivity contribution in [3.05, 3.63) is 61.1 Å². The first kappa shape index (κ1) is 24.7. The van der Waals surface area contributed by atoms with E-state index in [9.17, 15) is 0 Å². The highest BCUT2D eigenvalue weighted by Crippen LogP contribution is 2.41. The summed E-state index contributed by atoms with van der Waals surface area (Å²) >= 11 is 0. The summed E-state index contributed by atoms with van der Waals surface area (Å²) in [6, 6.07) is 16.8. The second-order valence-corrected chi connectivity index (χ2v) is 10.5. The second kappa shape index (κ2) is 10.6. The molecule has 4 aromatic rings. The SMILES string of the molecule is COc1cc(-c2cn(C3CCN(C4CCN(C)CC4)CC3)c3ncnc(N)c23)ccc1Oc1ccccc1. The van der Waals surface area contributed by atoms with Gasteiger partial charge in [-0.3, -0.25) is 0 Å². The molecule has 0 atom stereocenters. The maximum Gasteiger partial charge on any atom is 0.169 e. The Morgan fingerprint density at radius 3 is 2.34 bits per heavy atom. The van der Waals surface area contributed by atoms with Crippen molar-refractivity contribution in [2.75, 3.05) is 46.1 Å². The quantitative estimate of drug-likeness (QED) is 0.380. The van der Waals surface area contributed by atoms with Crippen molar-refractivity contribution < 1.29 is 9.47 Å². The molecule has 6 rings (SSSR count). The number of hydrogen-bond donors (Lipinski definition) is 1. The number of hydrogen-bond acceptors (Lipinski definition) is 7. The second-order valence-electron chi connectivity index (χ2n) is 10.5. The summed E-state index contributed by atoms with van der Waals surface area (Å²) in [5, 5.41) is 0.893. The summed E-state index contributed by atoms with van der Waals surface area (Å²) < 4.78 is 14.1. The summed E-state index contributed by atoms with van der Waals surface area (Å²) in [7, 11) is 3.89. The highest BCUT2D eigenvalue weighted by molar-refractivity contribution is 6.01. The average Bonchev–Trinajstić information content (AvgIpc) is 3.35. The topological polar surface area (TPSA) is 81.7 Å². The number of aromatic nitrogens is 3. The van der Waals surface area contributed by atoms with Gasteiger partial charge in [-0.2, -0.15) is 0 Å². The lowest BCUT2D eigenvalue weighted by Crippen LogP contribution is -2.47. The van der Waals surface area contributed by atoms with Gasteiger partial charge in [-0.05, 0) is 75.6 Å². The van der Waals surface area contributed by atoms with Crippen LogP contribution < -0.4 is 15.2 Å². The van der Waals surface area contributed by atoms with E-state index >= 15 is 0 Å². The van der Waals surface area contributed by atoms with E-state index in [-0.39, 0.29) is 0 Å². The van der Waals surface area contributed by atoms with Crippen molar-refractivity contribution in [3.8, 4) is 28.4 Å². The lowest BCUT2D eigenvalue weighted by Gasteiger charge is -2.41. The van der Waals surface area contributed by atoms with Crippen molar-refractivity contribution >= 4 is 16.9 Å². The molecule has 2 aromatic carbocycles. The minimum absolute atomic E-state index is 0.380. The predicted octanol–water partition coefficient (Wildman–Crippen LogP) is 5.21. The average molecular weight is 513 g/mol. The minimum atomic E-state index is 0.380. The fourth-order valence-corrected chi connectivity index (χ4v) is 6.03. The lowest BCUT2D eigenvalue weighted by molar-refractivity contribution is 0.0879. The van der Waals surface area contributed by atoms with E-state index in [0.29, 0.717) is 29.4 Å². The Bertz CT molecular complexity index is 1390. The van der Waals surface area contributed by atoms with Crippen LogP contribution in [0.3, 0.4) is 0 Å². The Balaban J connectivity index is 1.28. The molecule has 0 saturated carbocycles. The van der Waals surface area contributed by atoms with Gasteiger partial charge in [0.1, 0.15) is 23.5 Å². The first-order valence-corrected chi connectivity index (χ1v) is 13.6. The van der Waals surface area contributed by atoms with Crippen LogP contribution in [-0.4, -0.2) is 70.7 Å². The molecular formula is C30H36N6O2. The Kier molecular flexibility index (Phi) is 6.91. The molecule has 8 heteroatoms. The van der Waals surface area contributed by atoms with Crippen LogP contribution in [0.5, 0.6) is 17.2 Å². The third-order valence-electron chi connectivity index (χ3n) is 8.18. The number of nitrogens with two attached hydrogens (primary N) is 1. The van der Waals surface area contributed by atoms with E-state index in [0.717, 1.165) is 53.8 Å². The Morgan fingerprint density at radius 1 is 0.868 bits per heavy atom. The van der Waals surface area contributed by atoms with Gasteiger partial charge in [0.15, 0.2) is 11.5 Å². The number of benzene rings is 2. The summed E-state index contributed by atoms with van der Waals surface area (Å²) in [5.41, 5.74) is 9.35. The van der Waals surface area contributed by atoms with Crippen molar-refractivity contribution in [2.45, 2.75) is 37.8 Å². The van der Waals surface area contributed by atoms with Crippen molar-refractivity contribution in [1.29, 1.82) is 0 Å². The monoisotopic (exact) mass is 512 g/mol. The molecule has 0 aliphatic carbocycles. The summed E-state index contributed by atoms with van der Waals surface area (Å²) in [6.07, 6.45) is 8.53. The van der Waals surface area contributed by atoms with Gasteiger partial charge in [-0.15, -0.1) is 0 Å². The summed E-state index contributed by atoms with van der Waals surface area (Å²) in [5.74, 6) is 2.58. The fraction of sp³-hybridized carbons (Fsp3) is 0.400. The van der Waals surface area contributed by atoms with Gasteiger partial charge in [-0.1, -0.05) is 24.3 Å². The molecule has 2 saturated heterocycles. The number of likely N-dealkylation sites (tertiary alicyclic amines) is 2. The molecule has 0 bridgehead atoms. The number of rotatable bonds is 6. The molecule has 0 amide bonds. The zero-order chi connectivity index (χ0) is 26.1. The molecule has 0 spiro atoms. The van der Waals surface area contributed by atoms with E-state index in [1.165, 1.54) is 25.9 Å². The van der Waals surface area contributed by atoms with Crippen molar-refractivity contribution in [3.63, 3.8) is 0 Å². The molecule has 2 N–H and O–H groups in total. The zero-order valence-corrected chi connectivity index (χ0v) is 22.2. The number of para-hydroxylation sites is 1. The Labute approximate surface area is 224 Å². The van der Waals surface area contributed by atoms with E-state index in [1.807, 2.05) is 42.5 Å². The molecule has 0 radical (unpaired) electrons. The third kappa shape index (κ3) is 4.81. The van der Waals surface area contributed by atoms with Gasteiger partial charge >= 0.3 is 0 Å². The highest BCUT2D eigenvalue weighted by Gasteiger charge is 2.29. The number of fused-ring (bicyclic) bond motifs is 1. The lowest BCUT2D eigenvalue weighted by atomic mass is 9.98. The molecule has 2 aromatic heterocycles. The van der Waals surface area contributed by atoms with Gasteiger partial charge in [0.2, 0.25) is 0 Å². The third-order valence-corrected chi connectivity index (χ3v) is 8.18. The summed E-state index contributed by atoms with van der Waals surface area (Å²) in [4.78, 5) is 14.2. The van der Waals surface area contributed by atoms with Gasteiger partial charge in [0.25, 0.3) is 0 Å². The van der Waals surface area contributed by atoms with Crippen LogP contribution >= 0.6 is 0 Å². The molecule has 2 aliphatic rings. The van der Waals surface area contributed by atoms with Gasteiger partial charge in [-0.25, -0.2) is 9.97 Å². The Hall–Kier alpha value is -3.62. The van der Waals surface area contributed by atoms with Crippen molar-refractivity contribution in [2.24, 2.45) is 0 Å². The molecule has 2 fully saturated rings. The van der Waals surface area contributed by atoms with E-state index in [4.69, 9.17) is 20.2 Å². The van der Waals surface area contributed by atoms with Crippen LogP contribution in [0.2, 0.25) is 0 Å². The maximum absolute atomic E-state index is 6.44. The molecule has 8 nitrogen and oxygen atoms in total. The first-order chi connectivity index (χ1) is 18.6. The highest BCUT2D eigenvalue weighted by atomic mass is 16.5.